The van der Waals surface area contributed by atoms with Crippen molar-refractivity contribution in [3.63, 3.8) is 0 Å². The first kappa shape index (κ1) is 12.9. The van der Waals surface area contributed by atoms with Crippen molar-refractivity contribution < 1.29 is 4.74 Å². The lowest BCUT2D eigenvalue weighted by atomic mass is 10.4. The van der Waals surface area contributed by atoms with Crippen molar-refractivity contribution in [2.75, 3.05) is 46.4 Å². The van der Waals surface area contributed by atoms with Gasteiger partial charge in [-0.15, -0.1) is 0 Å². The van der Waals surface area contributed by atoms with Gasteiger partial charge in [-0.3, -0.25) is 0 Å². The molecular weight excluding hydrogens is 188 g/mol. The Hall–Kier alpha value is -0.120. The maximum Gasteiger partial charge on any atom is 0.0593 e. The van der Waals surface area contributed by atoms with Gasteiger partial charge in [-0.05, 0) is 51.9 Å². The SMILES string of the molecule is CCNCCCN(C)CCOCC1CC1. The molecule has 1 N–H and O–H groups in total. The highest BCUT2D eigenvalue weighted by atomic mass is 16.5. The van der Waals surface area contributed by atoms with Crippen LogP contribution in [-0.4, -0.2) is 51.3 Å². The minimum atomic E-state index is 0.893. The third-order valence-corrected chi connectivity index (χ3v) is 2.81. The van der Waals surface area contributed by atoms with Crippen molar-refractivity contribution in [1.82, 2.24) is 10.2 Å². The second-order valence-corrected chi connectivity index (χ2v) is 4.53. The summed E-state index contributed by atoms with van der Waals surface area (Å²) in [6.45, 7) is 8.48. The van der Waals surface area contributed by atoms with E-state index in [9.17, 15) is 0 Å². The van der Waals surface area contributed by atoms with Crippen molar-refractivity contribution in [3.05, 3.63) is 0 Å². The molecule has 0 unspecified atom stereocenters. The van der Waals surface area contributed by atoms with Crippen LogP contribution in [0.5, 0.6) is 0 Å². The third kappa shape index (κ3) is 7.77. The number of nitrogens with one attached hydrogen (secondary N) is 1. The lowest BCUT2D eigenvalue weighted by Crippen LogP contribution is -2.27. The van der Waals surface area contributed by atoms with E-state index in [2.05, 4.69) is 24.2 Å². The molecule has 0 aliphatic heterocycles. The molecule has 3 nitrogen and oxygen atoms in total. The Bertz CT molecular complexity index is 149. The summed E-state index contributed by atoms with van der Waals surface area (Å²) >= 11 is 0. The van der Waals surface area contributed by atoms with Crippen LogP contribution in [0.4, 0.5) is 0 Å². The van der Waals surface area contributed by atoms with E-state index in [1.54, 1.807) is 0 Å². The average molecular weight is 214 g/mol. The molecule has 0 aromatic carbocycles. The molecule has 0 spiro atoms. The summed E-state index contributed by atoms with van der Waals surface area (Å²) in [5, 5.41) is 3.34. The van der Waals surface area contributed by atoms with Gasteiger partial charge in [0.05, 0.1) is 6.61 Å². The predicted molar refractivity (Wildman–Crippen MR) is 64.2 cm³/mol. The maximum absolute atomic E-state index is 5.60. The molecule has 0 aromatic rings. The Morgan fingerprint density at radius 2 is 2.13 bits per heavy atom. The van der Waals surface area contributed by atoms with E-state index in [1.807, 2.05) is 0 Å². The molecule has 0 heterocycles. The smallest absolute Gasteiger partial charge is 0.0593 e. The Balaban J connectivity index is 1.77. The molecule has 0 saturated heterocycles. The molecule has 1 saturated carbocycles. The number of nitrogens with zero attached hydrogens (tertiary/aromatic N) is 1. The highest BCUT2D eigenvalue weighted by Gasteiger charge is 2.20. The van der Waals surface area contributed by atoms with Crippen LogP contribution in [0.2, 0.25) is 0 Å². The van der Waals surface area contributed by atoms with E-state index < -0.39 is 0 Å². The van der Waals surface area contributed by atoms with Gasteiger partial charge in [0.25, 0.3) is 0 Å². The molecule has 1 aliphatic carbocycles. The quantitative estimate of drug-likeness (QED) is 0.556. The van der Waals surface area contributed by atoms with E-state index in [4.69, 9.17) is 4.74 Å². The fraction of sp³-hybridized carbons (Fsp3) is 1.00. The fourth-order valence-corrected chi connectivity index (χ4v) is 1.52. The lowest BCUT2D eigenvalue weighted by molar-refractivity contribution is 0.103. The normalized spacial score (nSPS) is 16.2. The van der Waals surface area contributed by atoms with Crippen LogP contribution in [0.1, 0.15) is 26.2 Å². The van der Waals surface area contributed by atoms with Gasteiger partial charge < -0.3 is 15.0 Å². The summed E-state index contributed by atoms with van der Waals surface area (Å²) in [5.74, 6) is 0.893. The van der Waals surface area contributed by atoms with Crippen LogP contribution in [-0.2, 0) is 4.74 Å². The summed E-state index contributed by atoms with van der Waals surface area (Å²) in [6.07, 6.45) is 4.00. The number of ether oxygens (including phenoxy) is 1. The van der Waals surface area contributed by atoms with Gasteiger partial charge in [0.2, 0.25) is 0 Å². The van der Waals surface area contributed by atoms with Gasteiger partial charge in [-0.2, -0.15) is 0 Å². The maximum atomic E-state index is 5.60. The van der Waals surface area contributed by atoms with E-state index >= 15 is 0 Å². The highest BCUT2D eigenvalue weighted by Crippen LogP contribution is 2.28. The second-order valence-electron chi connectivity index (χ2n) is 4.53. The van der Waals surface area contributed by atoms with E-state index in [-0.39, 0.29) is 0 Å². The summed E-state index contributed by atoms with van der Waals surface area (Å²) < 4.78 is 5.60. The third-order valence-electron chi connectivity index (χ3n) is 2.81. The van der Waals surface area contributed by atoms with Gasteiger partial charge in [-0.25, -0.2) is 0 Å². The molecular formula is C12H26N2O. The molecule has 1 aliphatic rings. The van der Waals surface area contributed by atoms with Crippen molar-refractivity contribution in [1.29, 1.82) is 0 Å². The lowest BCUT2D eigenvalue weighted by Gasteiger charge is -2.16. The van der Waals surface area contributed by atoms with Crippen LogP contribution >= 0.6 is 0 Å². The summed E-state index contributed by atoms with van der Waals surface area (Å²) in [4.78, 5) is 2.35. The van der Waals surface area contributed by atoms with Crippen molar-refractivity contribution >= 4 is 0 Å². The highest BCUT2D eigenvalue weighted by molar-refractivity contribution is 4.71. The van der Waals surface area contributed by atoms with Crippen LogP contribution in [0, 0.1) is 5.92 Å². The van der Waals surface area contributed by atoms with Crippen LogP contribution in [0.15, 0.2) is 0 Å². The second kappa shape index (κ2) is 8.08. The Morgan fingerprint density at radius 3 is 2.80 bits per heavy atom. The first-order valence-corrected chi connectivity index (χ1v) is 6.30. The summed E-state index contributed by atoms with van der Waals surface area (Å²) in [5.41, 5.74) is 0. The molecule has 0 radical (unpaired) electrons. The largest absolute Gasteiger partial charge is 0.380 e. The van der Waals surface area contributed by atoms with Crippen LogP contribution in [0.3, 0.4) is 0 Å². The van der Waals surface area contributed by atoms with Crippen molar-refractivity contribution in [2.24, 2.45) is 5.92 Å². The van der Waals surface area contributed by atoms with Crippen molar-refractivity contribution in [3.8, 4) is 0 Å². The minimum Gasteiger partial charge on any atom is -0.380 e. The number of hydrogen-bond donors (Lipinski definition) is 1. The first-order valence-electron chi connectivity index (χ1n) is 6.30. The Morgan fingerprint density at radius 1 is 1.33 bits per heavy atom. The first-order chi connectivity index (χ1) is 7.33. The zero-order valence-corrected chi connectivity index (χ0v) is 10.3. The van der Waals surface area contributed by atoms with Gasteiger partial charge in [0, 0.05) is 13.2 Å². The van der Waals surface area contributed by atoms with Gasteiger partial charge in [0.1, 0.15) is 0 Å². The van der Waals surface area contributed by atoms with Crippen LogP contribution in [0.25, 0.3) is 0 Å². The Kier molecular flexibility index (Phi) is 6.98. The van der Waals surface area contributed by atoms with E-state index in [1.165, 1.54) is 25.8 Å². The monoisotopic (exact) mass is 214 g/mol. The number of hydrogen-bond acceptors (Lipinski definition) is 3. The fourth-order valence-electron chi connectivity index (χ4n) is 1.52. The molecule has 1 rings (SSSR count). The zero-order valence-electron chi connectivity index (χ0n) is 10.3. The summed E-state index contributed by atoms with van der Waals surface area (Å²) in [7, 11) is 2.17. The molecule has 0 bridgehead atoms. The van der Waals surface area contributed by atoms with E-state index in [0.717, 1.165) is 38.8 Å². The number of likely N-dealkylation sites (N-methyl/N-ethyl adjacent to an activating group) is 1. The standard InChI is InChI=1S/C12H26N2O/c1-3-13-7-4-8-14(2)9-10-15-11-12-5-6-12/h12-13H,3-11H2,1-2H3. The van der Waals surface area contributed by atoms with Gasteiger partial charge in [0.15, 0.2) is 0 Å². The molecule has 3 heteroatoms. The molecule has 15 heavy (non-hydrogen) atoms. The summed E-state index contributed by atoms with van der Waals surface area (Å²) in [6, 6.07) is 0. The number of rotatable bonds is 10. The zero-order chi connectivity index (χ0) is 10.9. The van der Waals surface area contributed by atoms with Gasteiger partial charge in [-0.1, -0.05) is 6.92 Å². The minimum absolute atomic E-state index is 0.893. The molecule has 90 valence electrons. The topological polar surface area (TPSA) is 24.5 Å². The predicted octanol–water partition coefficient (Wildman–Crippen LogP) is 1.34. The molecule has 1 fully saturated rings. The molecule has 0 atom stereocenters. The average Bonchev–Trinajstić information content (AvgIpc) is 3.03. The Labute approximate surface area is 94.2 Å². The van der Waals surface area contributed by atoms with Crippen LogP contribution < -0.4 is 5.32 Å². The molecule has 0 amide bonds. The van der Waals surface area contributed by atoms with Crippen molar-refractivity contribution in [2.45, 2.75) is 26.2 Å². The molecule has 0 aromatic heterocycles. The van der Waals surface area contributed by atoms with E-state index in [0.29, 0.717) is 0 Å². The van der Waals surface area contributed by atoms with Gasteiger partial charge >= 0.3 is 0 Å².